The predicted molar refractivity (Wildman–Crippen MR) is 128 cm³/mol. The molecule has 0 bridgehead atoms. The number of thiazole rings is 1. The number of fused-ring (bicyclic) bond motifs is 1. The molecule has 0 spiro atoms. The van der Waals surface area contributed by atoms with Gasteiger partial charge < -0.3 is 19.7 Å². The molecule has 164 valence electrons. The van der Waals surface area contributed by atoms with Crippen LogP contribution < -0.4 is 19.7 Å². The lowest BCUT2D eigenvalue weighted by Gasteiger charge is -2.34. The minimum absolute atomic E-state index is 0.140. The van der Waals surface area contributed by atoms with Crippen molar-refractivity contribution in [3.63, 3.8) is 0 Å². The summed E-state index contributed by atoms with van der Waals surface area (Å²) in [7, 11) is 3.14. The van der Waals surface area contributed by atoms with Crippen molar-refractivity contribution < 1.29 is 14.3 Å². The van der Waals surface area contributed by atoms with Gasteiger partial charge in [-0.25, -0.2) is 4.98 Å². The number of amides is 1. The van der Waals surface area contributed by atoms with Gasteiger partial charge in [-0.2, -0.15) is 0 Å². The summed E-state index contributed by atoms with van der Waals surface area (Å²) in [4.78, 5) is 22.0. The van der Waals surface area contributed by atoms with Crippen molar-refractivity contribution in [2.45, 2.75) is 0 Å². The third kappa shape index (κ3) is 5.11. The van der Waals surface area contributed by atoms with E-state index in [0.717, 1.165) is 47.8 Å². The minimum Gasteiger partial charge on any atom is -0.497 e. The number of anilines is 1. The van der Waals surface area contributed by atoms with Gasteiger partial charge in [-0.1, -0.05) is 27.3 Å². The number of rotatable bonds is 7. The third-order valence-corrected chi connectivity index (χ3v) is 6.92. The number of ether oxygens (including phenoxy) is 2. The molecule has 0 saturated carbocycles. The van der Waals surface area contributed by atoms with Crippen LogP contribution in [0, 0.1) is 0 Å². The molecule has 31 heavy (non-hydrogen) atoms. The number of hydrogen-bond donors (Lipinski definition) is 1. The Morgan fingerprint density at radius 1 is 1.13 bits per heavy atom. The van der Waals surface area contributed by atoms with Crippen LogP contribution in [0.15, 0.2) is 40.9 Å². The molecule has 1 saturated heterocycles. The molecule has 1 aliphatic rings. The fourth-order valence-electron chi connectivity index (χ4n) is 3.59. The standard InChI is InChI=1S/C22H25BrN4O3S/c1-29-16-4-5-17(19(14-16)30-2)21(28)24-7-8-26-9-11-27(12-10-26)22-25-18-6-3-15(23)13-20(18)31-22/h3-6,13-14H,7-12H2,1-2H3,(H,24,28). The largest absolute Gasteiger partial charge is 0.497 e. The first kappa shape index (κ1) is 21.9. The monoisotopic (exact) mass is 504 g/mol. The zero-order valence-electron chi connectivity index (χ0n) is 17.6. The van der Waals surface area contributed by atoms with Gasteiger partial charge in [0, 0.05) is 49.8 Å². The van der Waals surface area contributed by atoms with Crippen molar-refractivity contribution in [2.24, 2.45) is 0 Å². The van der Waals surface area contributed by atoms with E-state index in [-0.39, 0.29) is 5.91 Å². The molecule has 1 N–H and O–H groups in total. The summed E-state index contributed by atoms with van der Waals surface area (Å²) in [6, 6.07) is 11.4. The number of carbonyl (C=O) groups is 1. The van der Waals surface area contributed by atoms with E-state index in [1.807, 2.05) is 6.07 Å². The Labute approximate surface area is 194 Å². The average molecular weight is 505 g/mol. The molecule has 0 aliphatic carbocycles. The lowest BCUT2D eigenvalue weighted by molar-refractivity contribution is 0.0944. The lowest BCUT2D eigenvalue weighted by Crippen LogP contribution is -2.48. The Bertz CT molecular complexity index is 1070. The molecule has 1 fully saturated rings. The summed E-state index contributed by atoms with van der Waals surface area (Å²) in [5, 5.41) is 4.07. The van der Waals surface area contributed by atoms with Crippen LogP contribution in [-0.4, -0.2) is 69.3 Å². The SMILES string of the molecule is COc1ccc(C(=O)NCCN2CCN(c3nc4ccc(Br)cc4s3)CC2)c(OC)c1. The highest BCUT2D eigenvalue weighted by molar-refractivity contribution is 9.10. The van der Waals surface area contributed by atoms with Crippen LogP contribution in [0.1, 0.15) is 10.4 Å². The topological polar surface area (TPSA) is 66.9 Å². The zero-order valence-corrected chi connectivity index (χ0v) is 20.0. The number of benzene rings is 2. The van der Waals surface area contributed by atoms with Crippen molar-refractivity contribution in [3.8, 4) is 11.5 Å². The van der Waals surface area contributed by atoms with Crippen LogP contribution >= 0.6 is 27.3 Å². The number of piperazine rings is 1. The van der Waals surface area contributed by atoms with E-state index in [9.17, 15) is 4.79 Å². The maximum absolute atomic E-state index is 12.5. The summed E-state index contributed by atoms with van der Waals surface area (Å²) < 4.78 is 12.8. The van der Waals surface area contributed by atoms with Crippen LogP contribution in [0.3, 0.4) is 0 Å². The van der Waals surface area contributed by atoms with Crippen molar-refractivity contribution in [3.05, 3.63) is 46.4 Å². The molecule has 2 heterocycles. The van der Waals surface area contributed by atoms with Gasteiger partial charge in [-0.3, -0.25) is 9.69 Å². The smallest absolute Gasteiger partial charge is 0.255 e. The molecule has 0 unspecified atom stereocenters. The van der Waals surface area contributed by atoms with Crippen molar-refractivity contribution in [1.29, 1.82) is 0 Å². The van der Waals surface area contributed by atoms with Gasteiger partial charge in [0.05, 0.1) is 30.0 Å². The van der Waals surface area contributed by atoms with Crippen molar-refractivity contribution in [2.75, 3.05) is 58.4 Å². The van der Waals surface area contributed by atoms with E-state index in [1.54, 1.807) is 43.8 Å². The number of hydrogen-bond acceptors (Lipinski definition) is 7. The molecular formula is C22H25BrN4O3S. The predicted octanol–water partition coefficient (Wildman–Crippen LogP) is 3.63. The lowest BCUT2D eigenvalue weighted by atomic mass is 10.1. The van der Waals surface area contributed by atoms with Gasteiger partial charge in [0.1, 0.15) is 11.5 Å². The van der Waals surface area contributed by atoms with Gasteiger partial charge in [0.2, 0.25) is 0 Å². The van der Waals surface area contributed by atoms with Crippen molar-refractivity contribution in [1.82, 2.24) is 15.2 Å². The Morgan fingerprint density at radius 3 is 2.68 bits per heavy atom. The third-order valence-electron chi connectivity index (χ3n) is 5.35. The maximum Gasteiger partial charge on any atom is 0.255 e. The molecular weight excluding hydrogens is 480 g/mol. The Kier molecular flexibility index (Phi) is 6.94. The van der Waals surface area contributed by atoms with Crippen LogP contribution in [0.25, 0.3) is 10.2 Å². The van der Waals surface area contributed by atoms with Crippen molar-refractivity contribution >= 4 is 48.5 Å². The summed E-state index contributed by atoms with van der Waals surface area (Å²) in [5.74, 6) is 1.03. The van der Waals surface area contributed by atoms with Gasteiger partial charge in [0.15, 0.2) is 5.13 Å². The minimum atomic E-state index is -0.140. The first-order chi connectivity index (χ1) is 15.1. The van der Waals surface area contributed by atoms with E-state index in [1.165, 1.54) is 4.70 Å². The second-order valence-corrected chi connectivity index (χ2v) is 9.18. The number of carbonyl (C=O) groups excluding carboxylic acids is 1. The Morgan fingerprint density at radius 2 is 1.94 bits per heavy atom. The number of nitrogens with zero attached hydrogens (tertiary/aromatic N) is 3. The van der Waals surface area contributed by atoms with Gasteiger partial charge in [-0.05, 0) is 30.3 Å². The number of methoxy groups -OCH3 is 2. The summed E-state index contributed by atoms with van der Waals surface area (Å²) in [6.45, 7) is 5.15. The Balaban J connectivity index is 1.26. The van der Waals surface area contributed by atoms with E-state index < -0.39 is 0 Å². The average Bonchev–Trinajstić information content (AvgIpc) is 3.22. The summed E-state index contributed by atoms with van der Waals surface area (Å²) >= 11 is 5.26. The van der Waals surface area contributed by atoms with Crippen LogP contribution in [0.5, 0.6) is 11.5 Å². The van der Waals surface area contributed by atoms with Gasteiger partial charge in [0.25, 0.3) is 5.91 Å². The summed E-state index contributed by atoms with van der Waals surface area (Å²) in [6.07, 6.45) is 0. The quantitative estimate of drug-likeness (QED) is 0.529. The van der Waals surface area contributed by atoms with Crippen LogP contribution in [-0.2, 0) is 0 Å². The fraction of sp³-hybridized carbons (Fsp3) is 0.364. The zero-order chi connectivity index (χ0) is 21.8. The maximum atomic E-state index is 12.5. The molecule has 0 radical (unpaired) electrons. The van der Waals surface area contributed by atoms with Crippen LogP contribution in [0.2, 0.25) is 0 Å². The molecule has 7 nitrogen and oxygen atoms in total. The van der Waals surface area contributed by atoms with E-state index in [4.69, 9.17) is 14.5 Å². The fourth-order valence-corrected chi connectivity index (χ4v) is 5.16. The number of aromatic nitrogens is 1. The van der Waals surface area contributed by atoms with E-state index in [2.05, 4.69) is 43.2 Å². The Hall–Kier alpha value is -2.36. The highest BCUT2D eigenvalue weighted by Crippen LogP contribution is 2.31. The molecule has 0 atom stereocenters. The first-order valence-electron chi connectivity index (χ1n) is 10.1. The first-order valence-corrected chi connectivity index (χ1v) is 11.7. The highest BCUT2D eigenvalue weighted by atomic mass is 79.9. The second-order valence-electron chi connectivity index (χ2n) is 7.26. The second kappa shape index (κ2) is 9.84. The summed E-state index contributed by atoms with van der Waals surface area (Å²) in [5.41, 5.74) is 1.55. The molecule has 4 rings (SSSR count). The molecule has 1 aromatic heterocycles. The van der Waals surface area contributed by atoms with E-state index >= 15 is 0 Å². The molecule has 3 aromatic rings. The van der Waals surface area contributed by atoms with Crippen LogP contribution in [0.4, 0.5) is 5.13 Å². The van der Waals surface area contributed by atoms with Gasteiger partial charge in [-0.15, -0.1) is 0 Å². The molecule has 2 aromatic carbocycles. The highest BCUT2D eigenvalue weighted by Gasteiger charge is 2.20. The molecule has 1 aliphatic heterocycles. The molecule has 9 heteroatoms. The van der Waals surface area contributed by atoms with E-state index in [0.29, 0.717) is 23.6 Å². The number of nitrogens with one attached hydrogen (secondary N) is 1. The number of halogens is 1. The molecule has 1 amide bonds. The van der Waals surface area contributed by atoms with Gasteiger partial charge >= 0.3 is 0 Å². The normalized spacial score (nSPS) is 14.6.